The predicted molar refractivity (Wildman–Crippen MR) is 75.6 cm³/mol. The van der Waals surface area contributed by atoms with Gasteiger partial charge in [0.05, 0.1) is 6.42 Å². The number of aromatic nitrogens is 1. The van der Waals surface area contributed by atoms with E-state index in [9.17, 15) is 4.79 Å². The Morgan fingerprint density at radius 1 is 1.21 bits per heavy atom. The number of carbonyl (C=O) groups excluding carboxylic acids is 1. The highest BCUT2D eigenvalue weighted by atomic mass is 16.1. The maximum Gasteiger partial charge on any atom is 0.228 e. The van der Waals surface area contributed by atoms with Gasteiger partial charge < -0.3 is 11.1 Å². The Kier molecular flexibility index (Phi) is 4.26. The highest BCUT2D eigenvalue weighted by Crippen LogP contribution is 2.12. The van der Waals surface area contributed by atoms with Gasteiger partial charge in [0.25, 0.3) is 0 Å². The average Bonchev–Trinajstić information content (AvgIpc) is 2.42. The van der Waals surface area contributed by atoms with Crippen LogP contribution in [0.3, 0.4) is 0 Å². The van der Waals surface area contributed by atoms with E-state index in [-0.39, 0.29) is 5.91 Å². The molecule has 0 saturated carbocycles. The first-order valence-corrected chi connectivity index (χ1v) is 6.17. The first-order chi connectivity index (χ1) is 9.19. The van der Waals surface area contributed by atoms with Gasteiger partial charge in [-0.05, 0) is 29.7 Å². The number of benzene rings is 1. The molecule has 0 bridgehead atoms. The molecule has 0 unspecified atom stereocenters. The van der Waals surface area contributed by atoms with E-state index in [1.54, 1.807) is 18.5 Å². The fraction of sp³-hybridized carbons (Fsp3) is 0.200. The van der Waals surface area contributed by atoms with E-state index in [4.69, 9.17) is 5.73 Å². The second-order valence-electron chi connectivity index (χ2n) is 4.44. The molecule has 1 amide bonds. The third kappa shape index (κ3) is 3.63. The van der Waals surface area contributed by atoms with Crippen molar-refractivity contribution in [3.05, 3.63) is 59.4 Å². The highest BCUT2D eigenvalue weighted by molar-refractivity contribution is 5.92. The molecular formula is C15H17N3O. The summed E-state index contributed by atoms with van der Waals surface area (Å²) in [4.78, 5) is 15.9. The van der Waals surface area contributed by atoms with Gasteiger partial charge in [-0.25, -0.2) is 0 Å². The van der Waals surface area contributed by atoms with E-state index < -0.39 is 0 Å². The normalized spacial score (nSPS) is 10.2. The average molecular weight is 255 g/mol. The molecule has 2 rings (SSSR count). The number of pyridine rings is 1. The Morgan fingerprint density at radius 3 is 2.53 bits per heavy atom. The van der Waals surface area contributed by atoms with Gasteiger partial charge in [-0.2, -0.15) is 0 Å². The molecule has 19 heavy (non-hydrogen) atoms. The summed E-state index contributed by atoms with van der Waals surface area (Å²) in [7, 11) is 0. The number of nitrogens with zero attached hydrogens (tertiary/aromatic N) is 1. The van der Waals surface area contributed by atoms with Crippen LogP contribution >= 0.6 is 0 Å². The van der Waals surface area contributed by atoms with Gasteiger partial charge in [-0.1, -0.05) is 24.3 Å². The van der Waals surface area contributed by atoms with E-state index >= 15 is 0 Å². The SMILES string of the molecule is Cc1cnccc1NC(=O)Cc1ccc(CN)cc1. The second-order valence-corrected chi connectivity index (χ2v) is 4.44. The smallest absolute Gasteiger partial charge is 0.228 e. The zero-order valence-electron chi connectivity index (χ0n) is 10.9. The van der Waals surface area contributed by atoms with Crippen LogP contribution in [-0.4, -0.2) is 10.9 Å². The molecule has 3 N–H and O–H groups in total. The van der Waals surface area contributed by atoms with Crippen molar-refractivity contribution in [1.29, 1.82) is 0 Å². The van der Waals surface area contributed by atoms with Crippen molar-refractivity contribution < 1.29 is 4.79 Å². The van der Waals surface area contributed by atoms with Gasteiger partial charge in [-0.15, -0.1) is 0 Å². The molecule has 0 fully saturated rings. The van der Waals surface area contributed by atoms with Gasteiger partial charge in [0.2, 0.25) is 5.91 Å². The predicted octanol–water partition coefficient (Wildman–Crippen LogP) is 2.03. The lowest BCUT2D eigenvalue weighted by Crippen LogP contribution is -2.15. The van der Waals surface area contributed by atoms with Gasteiger partial charge >= 0.3 is 0 Å². The number of amides is 1. The molecule has 1 aromatic heterocycles. The molecule has 0 aliphatic carbocycles. The third-order valence-electron chi connectivity index (χ3n) is 2.92. The monoisotopic (exact) mass is 255 g/mol. The number of anilines is 1. The molecule has 0 spiro atoms. The number of nitrogens with two attached hydrogens (primary N) is 1. The van der Waals surface area contributed by atoms with Crippen molar-refractivity contribution >= 4 is 11.6 Å². The molecule has 4 nitrogen and oxygen atoms in total. The largest absolute Gasteiger partial charge is 0.326 e. The Hall–Kier alpha value is -2.20. The number of rotatable bonds is 4. The fourth-order valence-corrected chi connectivity index (χ4v) is 1.79. The summed E-state index contributed by atoms with van der Waals surface area (Å²) in [6.45, 7) is 2.43. The molecular weight excluding hydrogens is 238 g/mol. The summed E-state index contributed by atoms with van der Waals surface area (Å²) in [6, 6.07) is 9.55. The lowest BCUT2D eigenvalue weighted by molar-refractivity contribution is -0.115. The first-order valence-electron chi connectivity index (χ1n) is 6.17. The van der Waals surface area contributed by atoms with Crippen molar-refractivity contribution in [3.8, 4) is 0 Å². The molecule has 1 aromatic carbocycles. The van der Waals surface area contributed by atoms with Gasteiger partial charge in [0, 0.05) is 24.6 Å². The van der Waals surface area contributed by atoms with E-state index in [1.165, 1.54) is 0 Å². The number of nitrogens with one attached hydrogen (secondary N) is 1. The molecule has 0 aliphatic heterocycles. The van der Waals surface area contributed by atoms with Crippen LogP contribution in [0.2, 0.25) is 0 Å². The summed E-state index contributed by atoms with van der Waals surface area (Å²) < 4.78 is 0. The van der Waals surface area contributed by atoms with Gasteiger partial charge in [0.1, 0.15) is 0 Å². The quantitative estimate of drug-likeness (QED) is 0.878. The molecule has 0 atom stereocenters. The number of hydrogen-bond acceptors (Lipinski definition) is 3. The molecule has 0 aliphatic rings. The highest BCUT2D eigenvalue weighted by Gasteiger charge is 2.05. The minimum Gasteiger partial charge on any atom is -0.326 e. The van der Waals surface area contributed by atoms with E-state index in [0.29, 0.717) is 13.0 Å². The van der Waals surface area contributed by atoms with Crippen molar-refractivity contribution in [3.63, 3.8) is 0 Å². The van der Waals surface area contributed by atoms with E-state index in [2.05, 4.69) is 10.3 Å². The Morgan fingerprint density at radius 2 is 1.89 bits per heavy atom. The molecule has 0 radical (unpaired) electrons. The summed E-state index contributed by atoms with van der Waals surface area (Å²) in [5.41, 5.74) is 9.33. The minimum atomic E-state index is -0.0326. The zero-order chi connectivity index (χ0) is 13.7. The van der Waals surface area contributed by atoms with Crippen LogP contribution < -0.4 is 11.1 Å². The number of aryl methyl sites for hydroxylation is 1. The van der Waals surface area contributed by atoms with Gasteiger partial charge in [-0.3, -0.25) is 9.78 Å². The van der Waals surface area contributed by atoms with Crippen molar-refractivity contribution in [2.45, 2.75) is 19.9 Å². The first kappa shape index (κ1) is 13.2. The summed E-state index contributed by atoms with van der Waals surface area (Å²) in [5.74, 6) is -0.0326. The number of hydrogen-bond donors (Lipinski definition) is 2. The topological polar surface area (TPSA) is 68.0 Å². The Bertz CT molecular complexity index is 564. The summed E-state index contributed by atoms with van der Waals surface area (Å²) in [5, 5.41) is 2.88. The van der Waals surface area contributed by atoms with Crippen molar-refractivity contribution in [1.82, 2.24) is 4.98 Å². The van der Waals surface area contributed by atoms with Crippen LogP contribution in [0.25, 0.3) is 0 Å². The lowest BCUT2D eigenvalue weighted by Gasteiger charge is -2.08. The van der Waals surface area contributed by atoms with E-state index in [1.807, 2.05) is 31.2 Å². The molecule has 4 heteroatoms. The minimum absolute atomic E-state index is 0.0326. The van der Waals surface area contributed by atoms with Crippen LogP contribution in [0, 0.1) is 6.92 Å². The molecule has 0 saturated heterocycles. The molecule has 98 valence electrons. The maximum atomic E-state index is 11.9. The maximum absolute atomic E-state index is 11.9. The van der Waals surface area contributed by atoms with Crippen LogP contribution in [0.4, 0.5) is 5.69 Å². The number of carbonyl (C=O) groups is 1. The van der Waals surface area contributed by atoms with Crippen LogP contribution in [0.15, 0.2) is 42.7 Å². The van der Waals surface area contributed by atoms with Crippen LogP contribution in [0.1, 0.15) is 16.7 Å². The molecule has 1 heterocycles. The van der Waals surface area contributed by atoms with Crippen molar-refractivity contribution in [2.75, 3.05) is 5.32 Å². The second kappa shape index (κ2) is 6.11. The Labute approximate surface area is 112 Å². The lowest BCUT2D eigenvalue weighted by atomic mass is 10.1. The van der Waals surface area contributed by atoms with Crippen molar-refractivity contribution in [2.24, 2.45) is 5.73 Å². The molecule has 2 aromatic rings. The summed E-state index contributed by atoms with van der Waals surface area (Å²) in [6.07, 6.45) is 3.75. The van der Waals surface area contributed by atoms with Crippen LogP contribution in [0.5, 0.6) is 0 Å². The fourth-order valence-electron chi connectivity index (χ4n) is 1.79. The van der Waals surface area contributed by atoms with Crippen LogP contribution in [-0.2, 0) is 17.8 Å². The zero-order valence-corrected chi connectivity index (χ0v) is 10.9. The van der Waals surface area contributed by atoms with E-state index in [0.717, 1.165) is 22.4 Å². The van der Waals surface area contributed by atoms with Gasteiger partial charge in [0.15, 0.2) is 0 Å². The third-order valence-corrected chi connectivity index (χ3v) is 2.92. The summed E-state index contributed by atoms with van der Waals surface area (Å²) >= 11 is 0. The standard InChI is InChI=1S/C15H17N3O/c1-11-10-17-7-6-14(11)18-15(19)8-12-2-4-13(9-16)5-3-12/h2-7,10H,8-9,16H2,1H3,(H,17,18,19). The Balaban J connectivity index is 1.99.